The van der Waals surface area contributed by atoms with Gasteiger partial charge in [-0.05, 0) is 36.7 Å². The van der Waals surface area contributed by atoms with E-state index in [-0.39, 0.29) is 5.41 Å². The van der Waals surface area contributed by atoms with Crippen molar-refractivity contribution in [1.82, 2.24) is 9.55 Å². The lowest BCUT2D eigenvalue weighted by Gasteiger charge is -2.40. The van der Waals surface area contributed by atoms with Gasteiger partial charge >= 0.3 is 0 Å². The Hall–Kier alpha value is -2.95. The average molecular weight is 469 g/mol. The smallest absolute Gasteiger partial charge is 0.171 e. The van der Waals surface area contributed by atoms with Crippen LogP contribution >= 0.6 is 0 Å². The van der Waals surface area contributed by atoms with Gasteiger partial charge in [0.2, 0.25) is 0 Å². The molecular weight excluding hydrogens is 432 g/mol. The fraction of sp³-hybridized carbons (Fsp3) is 0.300. The Morgan fingerprint density at radius 2 is 1.15 bits per heavy atom. The average Bonchev–Trinajstić information content (AvgIpc) is 3.17. The first-order valence-corrected chi connectivity index (χ1v) is 14.9. The molecule has 4 rings (SSSR count). The number of rotatable bonds is 7. The van der Waals surface area contributed by atoms with Crippen LogP contribution in [0.4, 0.5) is 0 Å². The van der Waals surface area contributed by atoms with Gasteiger partial charge in [-0.15, -0.1) is 0 Å². The van der Waals surface area contributed by atoms with Gasteiger partial charge in [-0.3, -0.25) is 0 Å². The van der Waals surface area contributed by atoms with Crippen molar-refractivity contribution in [3.8, 4) is 0 Å². The van der Waals surface area contributed by atoms with Crippen molar-refractivity contribution < 1.29 is 4.43 Å². The van der Waals surface area contributed by atoms with Gasteiger partial charge in [-0.1, -0.05) is 112 Å². The summed E-state index contributed by atoms with van der Waals surface area (Å²) in [6.45, 7) is 13.9. The van der Waals surface area contributed by atoms with Crippen LogP contribution in [0.1, 0.15) is 54.7 Å². The third-order valence-electron chi connectivity index (χ3n) is 6.34. The first kappa shape index (κ1) is 24.2. The van der Waals surface area contributed by atoms with Crippen LogP contribution in [0.5, 0.6) is 0 Å². The largest absolute Gasteiger partial charge is 0.413 e. The molecule has 3 nitrogen and oxygen atoms in total. The molecule has 0 saturated heterocycles. The van der Waals surface area contributed by atoms with E-state index in [1.165, 1.54) is 22.4 Å². The van der Waals surface area contributed by atoms with Gasteiger partial charge in [0.1, 0.15) is 11.4 Å². The van der Waals surface area contributed by atoms with Crippen LogP contribution in [-0.4, -0.2) is 18.6 Å². The first-order chi connectivity index (χ1) is 16.3. The monoisotopic (exact) mass is 468 g/mol. The number of imidazole rings is 1. The summed E-state index contributed by atoms with van der Waals surface area (Å²) in [6.07, 6.45) is 0. The molecule has 0 N–H and O–H groups in total. The van der Waals surface area contributed by atoms with Crippen molar-refractivity contribution in [2.75, 3.05) is 0 Å². The van der Waals surface area contributed by atoms with Gasteiger partial charge in [-0.2, -0.15) is 0 Å². The van der Waals surface area contributed by atoms with Crippen LogP contribution in [0.25, 0.3) is 0 Å². The summed E-state index contributed by atoms with van der Waals surface area (Å²) in [4.78, 5) is 5.26. The lowest BCUT2D eigenvalue weighted by molar-refractivity contribution is 0.288. The van der Waals surface area contributed by atoms with E-state index < -0.39 is 14.6 Å². The molecule has 4 heteroatoms. The molecule has 4 aromatic rings. The highest BCUT2D eigenvalue weighted by Crippen LogP contribution is 2.44. The molecule has 0 saturated carbocycles. The molecule has 1 aromatic heterocycles. The molecule has 0 radical (unpaired) electrons. The van der Waals surface area contributed by atoms with Crippen LogP contribution in [-0.2, 0) is 22.0 Å². The number of hydrogen-bond acceptors (Lipinski definition) is 2. The standard InChI is InChI=1S/C30H36N2OSi/c1-23-28(29(2,3)4)31-27(22-33-34(5)6)32(23)30(24-16-10-7-11-17-24,25-18-12-8-13-19-25)26-20-14-9-15-21-26/h7-21,34H,22H2,1-6H3. The van der Waals surface area contributed by atoms with Gasteiger partial charge in [0, 0.05) is 11.1 Å². The third-order valence-corrected chi connectivity index (χ3v) is 7.18. The molecule has 0 aliphatic carbocycles. The fourth-order valence-corrected chi connectivity index (χ4v) is 5.46. The van der Waals surface area contributed by atoms with Crippen molar-refractivity contribution in [2.45, 2.75) is 58.3 Å². The molecule has 0 spiro atoms. The Balaban J connectivity index is 2.17. The van der Waals surface area contributed by atoms with E-state index in [9.17, 15) is 0 Å². The van der Waals surface area contributed by atoms with E-state index in [1.807, 2.05) is 0 Å². The van der Waals surface area contributed by atoms with Gasteiger partial charge in [0.05, 0.1) is 12.3 Å². The molecule has 0 bridgehead atoms. The lowest BCUT2D eigenvalue weighted by atomic mass is 9.76. The maximum Gasteiger partial charge on any atom is 0.171 e. The SMILES string of the molecule is Cc1c(C(C)(C)C)nc(CO[SiH](C)C)n1C(c1ccccc1)(c1ccccc1)c1ccccc1. The van der Waals surface area contributed by atoms with Crippen LogP contribution < -0.4 is 0 Å². The van der Waals surface area contributed by atoms with Crippen molar-refractivity contribution in [3.05, 3.63) is 125 Å². The highest BCUT2D eigenvalue weighted by atomic mass is 28.3. The number of benzene rings is 3. The molecule has 0 fully saturated rings. The normalized spacial score (nSPS) is 12.3. The summed E-state index contributed by atoms with van der Waals surface area (Å²) in [7, 11) is -1.24. The maximum absolute atomic E-state index is 6.31. The predicted octanol–water partition coefficient (Wildman–Crippen LogP) is 6.83. The van der Waals surface area contributed by atoms with Crippen molar-refractivity contribution in [2.24, 2.45) is 0 Å². The number of nitrogens with zero attached hydrogens (tertiary/aromatic N) is 2. The second-order valence-corrected chi connectivity index (χ2v) is 12.6. The lowest BCUT2D eigenvalue weighted by Crippen LogP contribution is -2.40. The molecule has 0 aliphatic heterocycles. The highest BCUT2D eigenvalue weighted by Gasteiger charge is 2.42. The molecule has 176 valence electrons. The molecule has 0 atom stereocenters. The van der Waals surface area contributed by atoms with Gasteiger partial charge in [0.15, 0.2) is 9.04 Å². The molecular formula is C30H36N2OSi. The Morgan fingerprint density at radius 3 is 1.50 bits per heavy atom. The van der Waals surface area contributed by atoms with Gasteiger partial charge in [-0.25, -0.2) is 4.98 Å². The Kier molecular flexibility index (Phi) is 6.92. The Labute approximate surface area is 206 Å². The van der Waals surface area contributed by atoms with Crippen LogP contribution in [0.2, 0.25) is 13.1 Å². The molecule has 0 amide bonds. The van der Waals surface area contributed by atoms with Crippen LogP contribution in [0, 0.1) is 6.92 Å². The summed E-state index contributed by atoms with van der Waals surface area (Å²) in [6, 6.07) is 32.4. The fourth-order valence-electron chi connectivity index (χ4n) is 4.98. The summed E-state index contributed by atoms with van der Waals surface area (Å²) in [5.74, 6) is 0.972. The third kappa shape index (κ3) is 4.40. The molecule has 1 heterocycles. The maximum atomic E-state index is 6.31. The second-order valence-electron chi connectivity index (χ2n) is 10.2. The minimum Gasteiger partial charge on any atom is -0.413 e. The second kappa shape index (κ2) is 9.73. The van der Waals surface area contributed by atoms with E-state index >= 15 is 0 Å². The Morgan fingerprint density at radius 1 is 0.735 bits per heavy atom. The zero-order valence-corrected chi connectivity index (χ0v) is 22.4. The summed E-state index contributed by atoms with van der Waals surface area (Å²) >= 11 is 0. The van der Waals surface area contributed by atoms with E-state index in [2.05, 4.69) is 136 Å². The first-order valence-electron chi connectivity index (χ1n) is 12.1. The van der Waals surface area contributed by atoms with E-state index in [0.29, 0.717) is 6.61 Å². The molecule has 0 aliphatic rings. The summed E-state index contributed by atoms with van der Waals surface area (Å²) in [5.41, 5.74) is 5.23. The van der Waals surface area contributed by atoms with Crippen LogP contribution in [0.3, 0.4) is 0 Å². The number of hydrogen-bond donors (Lipinski definition) is 0. The molecule has 0 unspecified atom stereocenters. The minimum atomic E-state index is -1.24. The minimum absolute atomic E-state index is 0.0881. The van der Waals surface area contributed by atoms with Crippen LogP contribution in [0.15, 0.2) is 91.0 Å². The summed E-state index contributed by atoms with van der Waals surface area (Å²) in [5, 5.41) is 0. The topological polar surface area (TPSA) is 27.1 Å². The number of aromatic nitrogens is 2. The summed E-state index contributed by atoms with van der Waals surface area (Å²) < 4.78 is 8.76. The van der Waals surface area contributed by atoms with E-state index in [4.69, 9.17) is 9.41 Å². The van der Waals surface area contributed by atoms with Crippen molar-refractivity contribution in [1.29, 1.82) is 0 Å². The predicted molar refractivity (Wildman–Crippen MR) is 144 cm³/mol. The van der Waals surface area contributed by atoms with Gasteiger partial charge < -0.3 is 8.99 Å². The Bertz CT molecular complexity index is 1110. The van der Waals surface area contributed by atoms with Gasteiger partial charge in [0.25, 0.3) is 0 Å². The zero-order chi connectivity index (χ0) is 24.3. The quantitative estimate of drug-likeness (QED) is 0.220. The molecule has 34 heavy (non-hydrogen) atoms. The molecule has 3 aromatic carbocycles. The van der Waals surface area contributed by atoms with E-state index in [1.54, 1.807) is 0 Å². The van der Waals surface area contributed by atoms with Crippen molar-refractivity contribution >= 4 is 9.04 Å². The van der Waals surface area contributed by atoms with Crippen molar-refractivity contribution in [3.63, 3.8) is 0 Å². The van der Waals surface area contributed by atoms with E-state index in [0.717, 1.165) is 11.5 Å². The zero-order valence-electron chi connectivity index (χ0n) is 21.2. The highest BCUT2D eigenvalue weighted by molar-refractivity contribution is 6.48.